The minimum Gasteiger partial charge on any atom is -0.469 e. The average Bonchev–Trinajstić information content (AvgIpc) is 3.14. The van der Waals surface area contributed by atoms with Gasteiger partial charge in [-0.25, -0.2) is 0 Å². The van der Waals surface area contributed by atoms with Gasteiger partial charge in [0.25, 0.3) is 0 Å². The lowest BCUT2D eigenvalue weighted by Gasteiger charge is -2.21. The summed E-state index contributed by atoms with van der Waals surface area (Å²) in [5, 5.41) is 3.42. The fourth-order valence-electron chi connectivity index (χ4n) is 3.22. The smallest absolute Gasteiger partial charge is 0.305 e. The molecule has 5 nitrogen and oxygen atoms in total. The first kappa shape index (κ1) is 19.3. The number of hydrogen-bond acceptors (Lipinski definition) is 3. The van der Waals surface area contributed by atoms with Crippen molar-refractivity contribution in [2.75, 3.05) is 33.3 Å². The van der Waals surface area contributed by atoms with Crippen LogP contribution in [-0.4, -0.2) is 50.1 Å². The predicted molar refractivity (Wildman–Crippen MR) is 102 cm³/mol. The van der Waals surface area contributed by atoms with E-state index in [1.165, 1.54) is 19.1 Å². The number of carbonyl (C=O) groups is 1. The number of ether oxygens (including phenoxy) is 1. The molecule has 0 spiro atoms. The van der Waals surface area contributed by atoms with Gasteiger partial charge in [0.15, 0.2) is 5.96 Å². The summed E-state index contributed by atoms with van der Waals surface area (Å²) in [4.78, 5) is 18.2. The molecule has 0 aromatic heterocycles. The van der Waals surface area contributed by atoms with Gasteiger partial charge < -0.3 is 15.0 Å². The molecule has 25 heavy (non-hydrogen) atoms. The van der Waals surface area contributed by atoms with Gasteiger partial charge in [-0.1, -0.05) is 36.8 Å². The number of hydrogen-bond donors (Lipinski definition) is 1. The van der Waals surface area contributed by atoms with Gasteiger partial charge in [-0.2, -0.15) is 0 Å². The van der Waals surface area contributed by atoms with Crippen molar-refractivity contribution >= 4 is 11.9 Å². The van der Waals surface area contributed by atoms with Crippen LogP contribution in [0.5, 0.6) is 0 Å². The molecule has 1 aliphatic heterocycles. The molecule has 5 heteroatoms. The molecule has 1 aromatic rings. The van der Waals surface area contributed by atoms with Crippen LogP contribution in [0.15, 0.2) is 35.3 Å². The third kappa shape index (κ3) is 6.40. The van der Waals surface area contributed by atoms with Gasteiger partial charge in [-0.3, -0.25) is 9.79 Å². The first-order valence-electron chi connectivity index (χ1n) is 9.39. The summed E-state index contributed by atoms with van der Waals surface area (Å²) in [6, 6.07) is 10.7. The van der Waals surface area contributed by atoms with E-state index in [-0.39, 0.29) is 5.97 Å². The Kier molecular flexibility index (Phi) is 8.29. The first-order valence-corrected chi connectivity index (χ1v) is 9.39. The van der Waals surface area contributed by atoms with Gasteiger partial charge in [0, 0.05) is 38.5 Å². The lowest BCUT2D eigenvalue weighted by atomic mass is 9.99. The van der Waals surface area contributed by atoms with Crippen molar-refractivity contribution in [1.82, 2.24) is 10.2 Å². The van der Waals surface area contributed by atoms with Gasteiger partial charge in [0.05, 0.1) is 7.11 Å². The van der Waals surface area contributed by atoms with Gasteiger partial charge in [-0.05, 0) is 31.7 Å². The topological polar surface area (TPSA) is 53.9 Å². The van der Waals surface area contributed by atoms with Crippen molar-refractivity contribution in [3.8, 4) is 0 Å². The minimum absolute atomic E-state index is 0.124. The molecule has 1 fully saturated rings. The Labute approximate surface area is 151 Å². The highest BCUT2D eigenvalue weighted by atomic mass is 16.5. The van der Waals surface area contributed by atoms with E-state index < -0.39 is 0 Å². The van der Waals surface area contributed by atoms with E-state index in [2.05, 4.69) is 52.2 Å². The third-order valence-corrected chi connectivity index (χ3v) is 4.62. The number of aliphatic imine (C=N–C) groups is 1. The number of nitrogens with zero attached hydrogens (tertiary/aromatic N) is 2. The monoisotopic (exact) mass is 345 g/mol. The van der Waals surface area contributed by atoms with Crippen molar-refractivity contribution in [3.05, 3.63) is 35.9 Å². The Hall–Kier alpha value is -2.04. The van der Waals surface area contributed by atoms with E-state index in [1.54, 1.807) is 0 Å². The molecular formula is C20H31N3O2. The van der Waals surface area contributed by atoms with Crippen LogP contribution in [0.25, 0.3) is 0 Å². The molecule has 0 bridgehead atoms. The summed E-state index contributed by atoms with van der Waals surface area (Å²) in [7, 11) is 1.44. The van der Waals surface area contributed by atoms with E-state index in [4.69, 9.17) is 4.99 Å². The molecule has 138 valence electrons. The number of nitrogens with one attached hydrogen (secondary N) is 1. The molecule has 0 saturated carbocycles. The summed E-state index contributed by atoms with van der Waals surface area (Å²) in [5.74, 6) is 1.49. The minimum atomic E-state index is -0.124. The van der Waals surface area contributed by atoms with Crippen LogP contribution in [-0.2, 0) is 9.53 Å². The standard InChI is InChI=1S/C20H31N3O2/c1-3-21-20(22-14-9-5-8-12-19(24)25-2)23-15-13-18(16-23)17-10-6-4-7-11-17/h4,6-7,10-11,18H,3,5,8-9,12-16H2,1-2H3,(H,21,22). The van der Waals surface area contributed by atoms with Gasteiger partial charge in [0.1, 0.15) is 0 Å². The zero-order chi connectivity index (χ0) is 17.9. The average molecular weight is 345 g/mol. The molecule has 2 rings (SSSR count). The van der Waals surface area contributed by atoms with Crippen molar-refractivity contribution in [2.24, 2.45) is 4.99 Å². The van der Waals surface area contributed by atoms with E-state index in [9.17, 15) is 4.79 Å². The molecule has 1 atom stereocenters. The van der Waals surface area contributed by atoms with Crippen LogP contribution in [0.1, 0.15) is 50.5 Å². The third-order valence-electron chi connectivity index (χ3n) is 4.62. The zero-order valence-electron chi connectivity index (χ0n) is 15.5. The molecule has 1 aromatic carbocycles. The quantitative estimate of drug-likeness (QED) is 0.340. The molecule has 0 amide bonds. The molecule has 1 unspecified atom stereocenters. The summed E-state index contributed by atoms with van der Waals surface area (Å²) in [6.07, 6.45) is 4.56. The predicted octanol–water partition coefficient (Wildman–Crippen LogP) is 3.17. The number of methoxy groups -OCH3 is 1. The summed E-state index contributed by atoms with van der Waals surface area (Å²) < 4.78 is 4.66. The number of carbonyl (C=O) groups excluding carboxylic acids is 1. The Bertz CT molecular complexity index is 545. The first-order chi connectivity index (χ1) is 12.2. The van der Waals surface area contributed by atoms with Crippen LogP contribution in [0.4, 0.5) is 0 Å². The summed E-state index contributed by atoms with van der Waals surface area (Å²) in [5.41, 5.74) is 1.42. The Morgan fingerprint density at radius 3 is 2.80 bits per heavy atom. The number of unbranched alkanes of at least 4 members (excludes halogenated alkanes) is 2. The highest BCUT2D eigenvalue weighted by Crippen LogP contribution is 2.26. The number of guanidine groups is 1. The highest BCUT2D eigenvalue weighted by molar-refractivity contribution is 5.80. The van der Waals surface area contributed by atoms with Gasteiger partial charge in [-0.15, -0.1) is 0 Å². The highest BCUT2D eigenvalue weighted by Gasteiger charge is 2.25. The van der Waals surface area contributed by atoms with Crippen molar-refractivity contribution in [3.63, 3.8) is 0 Å². The molecule has 0 aliphatic carbocycles. The molecule has 0 radical (unpaired) electrons. The van der Waals surface area contributed by atoms with Crippen LogP contribution in [0.2, 0.25) is 0 Å². The molecule has 1 N–H and O–H groups in total. The van der Waals surface area contributed by atoms with Crippen molar-refractivity contribution < 1.29 is 9.53 Å². The SMILES string of the molecule is CCNC(=NCCCCCC(=O)OC)N1CCC(c2ccccc2)C1. The second-order valence-corrected chi connectivity index (χ2v) is 6.46. The largest absolute Gasteiger partial charge is 0.469 e. The van der Waals surface area contributed by atoms with Crippen LogP contribution < -0.4 is 5.32 Å². The van der Waals surface area contributed by atoms with Crippen molar-refractivity contribution in [2.45, 2.75) is 44.9 Å². The molecule has 1 saturated heterocycles. The van der Waals surface area contributed by atoms with E-state index in [0.29, 0.717) is 12.3 Å². The Morgan fingerprint density at radius 1 is 1.28 bits per heavy atom. The normalized spacial score (nSPS) is 17.6. The Morgan fingerprint density at radius 2 is 2.08 bits per heavy atom. The molecular weight excluding hydrogens is 314 g/mol. The van der Waals surface area contributed by atoms with Gasteiger partial charge >= 0.3 is 5.97 Å². The van der Waals surface area contributed by atoms with Crippen LogP contribution >= 0.6 is 0 Å². The molecule has 1 heterocycles. The van der Waals surface area contributed by atoms with Crippen LogP contribution in [0, 0.1) is 0 Å². The van der Waals surface area contributed by atoms with E-state index in [0.717, 1.165) is 51.4 Å². The fraction of sp³-hybridized carbons (Fsp3) is 0.600. The van der Waals surface area contributed by atoms with E-state index in [1.807, 2.05) is 0 Å². The fourth-order valence-corrected chi connectivity index (χ4v) is 3.22. The van der Waals surface area contributed by atoms with E-state index >= 15 is 0 Å². The lowest BCUT2D eigenvalue weighted by molar-refractivity contribution is -0.140. The maximum Gasteiger partial charge on any atom is 0.305 e. The second kappa shape index (κ2) is 10.7. The zero-order valence-corrected chi connectivity index (χ0v) is 15.5. The molecule has 1 aliphatic rings. The second-order valence-electron chi connectivity index (χ2n) is 6.46. The lowest BCUT2D eigenvalue weighted by Crippen LogP contribution is -2.40. The summed E-state index contributed by atoms with van der Waals surface area (Å²) >= 11 is 0. The maximum atomic E-state index is 11.1. The van der Waals surface area contributed by atoms with Crippen LogP contribution in [0.3, 0.4) is 0 Å². The van der Waals surface area contributed by atoms with Crippen molar-refractivity contribution in [1.29, 1.82) is 0 Å². The number of rotatable bonds is 8. The number of benzene rings is 1. The van der Waals surface area contributed by atoms with Gasteiger partial charge in [0.2, 0.25) is 0 Å². The number of esters is 1. The maximum absolute atomic E-state index is 11.1. The summed E-state index contributed by atoms with van der Waals surface area (Å²) in [6.45, 7) is 5.87. The Balaban J connectivity index is 1.78. The number of likely N-dealkylation sites (tertiary alicyclic amines) is 1.